The predicted molar refractivity (Wildman–Crippen MR) is 108 cm³/mol. The Balaban J connectivity index is 1.70. The lowest BCUT2D eigenvalue weighted by atomic mass is 10.1. The molecule has 1 fully saturated rings. The summed E-state index contributed by atoms with van der Waals surface area (Å²) in [6.07, 6.45) is 8.44. The minimum absolute atomic E-state index is 0.256. The molecular formula is C21H29N3O5. The summed E-state index contributed by atoms with van der Waals surface area (Å²) in [5.41, 5.74) is 2.62. The zero-order valence-corrected chi connectivity index (χ0v) is 16.8. The van der Waals surface area contributed by atoms with Gasteiger partial charge in [-0.1, -0.05) is 50.3 Å². The number of imide groups is 1. The van der Waals surface area contributed by atoms with Gasteiger partial charge in [0, 0.05) is 18.5 Å². The third-order valence-corrected chi connectivity index (χ3v) is 4.81. The van der Waals surface area contributed by atoms with Gasteiger partial charge in [-0.05, 0) is 25.0 Å². The Bertz CT molecular complexity index is 748. The van der Waals surface area contributed by atoms with E-state index in [4.69, 9.17) is 9.94 Å². The molecule has 8 heteroatoms. The Morgan fingerprint density at radius 3 is 2.45 bits per heavy atom. The molecule has 0 aliphatic carbocycles. The van der Waals surface area contributed by atoms with E-state index in [1.165, 1.54) is 4.90 Å². The molecule has 0 bridgehead atoms. The Morgan fingerprint density at radius 2 is 1.76 bits per heavy atom. The first-order valence-corrected chi connectivity index (χ1v) is 9.97. The quantitative estimate of drug-likeness (QED) is 0.163. The molecule has 0 saturated carbocycles. The summed E-state index contributed by atoms with van der Waals surface area (Å²) in [5.74, 6) is -0.0294. The summed E-state index contributed by atoms with van der Waals surface area (Å²) in [7, 11) is 1.56. The largest absolute Gasteiger partial charge is 0.496 e. The number of hydrogen-bond acceptors (Lipinski definition) is 5. The van der Waals surface area contributed by atoms with Crippen LogP contribution in [0.25, 0.3) is 6.08 Å². The standard InChI is InChI=1S/C21H29N3O5/c1-29-18-12-9-8-11-16(18)15-17-20(26)24(21(27)22-17)14-10-6-4-2-3-5-7-13-19(25)23-28/h8-9,11-12,15,28H,2-7,10,13-14H2,1H3,(H,22,27)(H,23,25)/b17-15-. The van der Waals surface area contributed by atoms with Gasteiger partial charge >= 0.3 is 6.03 Å². The molecule has 0 atom stereocenters. The Kier molecular flexibility index (Phi) is 9.17. The van der Waals surface area contributed by atoms with E-state index >= 15 is 0 Å². The number of carbonyl (C=O) groups excluding carboxylic acids is 3. The number of benzene rings is 1. The Morgan fingerprint density at radius 1 is 1.10 bits per heavy atom. The molecule has 158 valence electrons. The summed E-state index contributed by atoms with van der Waals surface area (Å²) in [6.45, 7) is 0.393. The highest BCUT2D eigenvalue weighted by Crippen LogP contribution is 2.22. The molecule has 1 aromatic rings. The summed E-state index contributed by atoms with van der Waals surface area (Å²) in [6, 6.07) is 6.92. The van der Waals surface area contributed by atoms with Gasteiger partial charge in [0.2, 0.25) is 5.91 Å². The number of hydroxylamine groups is 1. The van der Waals surface area contributed by atoms with Crippen molar-refractivity contribution in [2.24, 2.45) is 0 Å². The second-order valence-electron chi connectivity index (χ2n) is 6.95. The number of methoxy groups -OCH3 is 1. The van der Waals surface area contributed by atoms with Gasteiger partial charge in [-0.25, -0.2) is 10.3 Å². The van der Waals surface area contributed by atoms with Crippen molar-refractivity contribution in [1.29, 1.82) is 0 Å². The van der Waals surface area contributed by atoms with Crippen molar-refractivity contribution in [3.8, 4) is 5.75 Å². The van der Waals surface area contributed by atoms with Crippen LogP contribution < -0.4 is 15.5 Å². The molecule has 1 aliphatic heterocycles. The Hall–Kier alpha value is -2.87. The highest BCUT2D eigenvalue weighted by Gasteiger charge is 2.33. The van der Waals surface area contributed by atoms with Crippen molar-refractivity contribution in [2.75, 3.05) is 13.7 Å². The highest BCUT2D eigenvalue weighted by molar-refractivity contribution is 6.14. The second kappa shape index (κ2) is 11.9. The van der Waals surface area contributed by atoms with Crippen LogP contribution in [0.15, 0.2) is 30.0 Å². The summed E-state index contributed by atoms with van der Waals surface area (Å²) in [5, 5.41) is 11.0. The second-order valence-corrected chi connectivity index (χ2v) is 6.95. The van der Waals surface area contributed by atoms with E-state index in [0.717, 1.165) is 50.5 Å². The van der Waals surface area contributed by atoms with Crippen molar-refractivity contribution >= 4 is 23.9 Å². The first kappa shape index (κ1) is 22.4. The number of unbranched alkanes of at least 4 members (excludes halogenated alkanes) is 6. The van der Waals surface area contributed by atoms with E-state index in [1.807, 2.05) is 18.2 Å². The summed E-state index contributed by atoms with van der Waals surface area (Å²) in [4.78, 5) is 36.8. The number of urea groups is 1. The number of ether oxygens (including phenoxy) is 1. The van der Waals surface area contributed by atoms with Gasteiger partial charge in [0.05, 0.1) is 7.11 Å². The molecule has 2 rings (SSSR count). The maximum atomic E-state index is 12.5. The fraction of sp³-hybridized carbons (Fsp3) is 0.476. The molecule has 1 heterocycles. The number of nitrogens with zero attached hydrogens (tertiary/aromatic N) is 1. The minimum Gasteiger partial charge on any atom is -0.496 e. The molecule has 1 aliphatic rings. The van der Waals surface area contributed by atoms with Gasteiger partial charge in [-0.15, -0.1) is 0 Å². The van der Waals surface area contributed by atoms with Crippen LogP contribution >= 0.6 is 0 Å². The molecule has 29 heavy (non-hydrogen) atoms. The van der Waals surface area contributed by atoms with Gasteiger partial charge in [-0.3, -0.25) is 19.7 Å². The van der Waals surface area contributed by atoms with E-state index in [0.29, 0.717) is 18.7 Å². The van der Waals surface area contributed by atoms with Gasteiger partial charge < -0.3 is 10.1 Å². The number of carbonyl (C=O) groups is 3. The molecule has 1 saturated heterocycles. The first-order valence-electron chi connectivity index (χ1n) is 9.97. The monoisotopic (exact) mass is 403 g/mol. The number of hydrogen-bond donors (Lipinski definition) is 3. The predicted octanol–water partition coefficient (Wildman–Crippen LogP) is 3.21. The molecule has 4 amide bonds. The number of amides is 4. The van der Waals surface area contributed by atoms with Crippen molar-refractivity contribution in [2.45, 2.75) is 51.4 Å². The van der Waals surface area contributed by atoms with Crippen molar-refractivity contribution < 1.29 is 24.3 Å². The number of para-hydroxylation sites is 1. The van der Waals surface area contributed by atoms with Crippen molar-refractivity contribution in [3.63, 3.8) is 0 Å². The lowest BCUT2D eigenvalue weighted by Gasteiger charge is -2.11. The molecule has 8 nitrogen and oxygen atoms in total. The molecular weight excluding hydrogens is 374 g/mol. The van der Waals surface area contributed by atoms with E-state index in [9.17, 15) is 14.4 Å². The van der Waals surface area contributed by atoms with Crippen LogP contribution in [0.3, 0.4) is 0 Å². The third-order valence-electron chi connectivity index (χ3n) is 4.81. The van der Waals surface area contributed by atoms with Gasteiger partial charge in [-0.2, -0.15) is 0 Å². The molecule has 0 radical (unpaired) electrons. The average Bonchev–Trinajstić information content (AvgIpc) is 2.99. The lowest BCUT2D eigenvalue weighted by Crippen LogP contribution is -2.31. The summed E-state index contributed by atoms with van der Waals surface area (Å²) < 4.78 is 5.28. The van der Waals surface area contributed by atoms with E-state index in [1.54, 1.807) is 24.7 Å². The highest BCUT2D eigenvalue weighted by atomic mass is 16.5. The van der Waals surface area contributed by atoms with E-state index < -0.39 is 6.03 Å². The Labute approximate surface area is 170 Å². The minimum atomic E-state index is -0.390. The fourth-order valence-electron chi connectivity index (χ4n) is 3.21. The lowest BCUT2D eigenvalue weighted by molar-refractivity contribution is -0.129. The van der Waals surface area contributed by atoms with E-state index in [2.05, 4.69) is 5.32 Å². The molecule has 0 spiro atoms. The molecule has 1 aromatic carbocycles. The average molecular weight is 403 g/mol. The van der Waals surface area contributed by atoms with Crippen LogP contribution in [0.4, 0.5) is 4.79 Å². The van der Waals surface area contributed by atoms with Crippen molar-refractivity contribution in [3.05, 3.63) is 35.5 Å². The third kappa shape index (κ3) is 6.90. The summed E-state index contributed by atoms with van der Waals surface area (Å²) >= 11 is 0. The van der Waals surface area contributed by atoms with Crippen LogP contribution in [0.2, 0.25) is 0 Å². The first-order chi connectivity index (χ1) is 14.1. The van der Waals surface area contributed by atoms with Crippen LogP contribution in [0.1, 0.15) is 56.9 Å². The SMILES string of the molecule is COc1ccccc1/C=C1\NC(=O)N(CCCCCCCCCC(=O)NO)C1=O. The number of nitrogens with one attached hydrogen (secondary N) is 2. The van der Waals surface area contributed by atoms with Gasteiger partial charge in [0.25, 0.3) is 5.91 Å². The van der Waals surface area contributed by atoms with Crippen LogP contribution in [0, 0.1) is 0 Å². The van der Waals surface area contributed by atoms with Crippen LogP contribution in [-0.4, -0.2) is 41.6 Å². The fourth-order valence-corrected chi connectivity index (χ4v) is 3.21. The molecule has 0 unspecified atom stereocenters. The number of rotatable bonds is 12. The van der Waals surface area contributed by atoms with E-state index in [-0.39, 0.29) is 17.5 Å². The van der Waals surface area contributed by atoms with Crippen LogP contribution in [0.5, 0.6) is 5.75 Å². The van der Waals surface area contributed by atoms with Gasteiger partial charge in [0.1, 0.15) is 11.4 Å². The van der Waals surface area contributed by atoms with Crippen molar-refractivity contribution in [1.82, 2.24) is 15.7 Å². The van der Waals surface area contributed by atoms with Crippen LogP contribution in [-0.2, 0) is 9.59 Å². The molecule has 3 N–H and O–H groups in total. The zero-order chi connectivity index (χ0) is 21.1. The zero-order valence-electron chi connectivity index (χ0n) is 16.8. The topological polar surface area (TPSA) is 108 Å². The van der Waals surface area contributed by atoms with Gasteiger partial charge in [0.15, 0.2) is 0 Å². The maximum absolute atomic E-state index is 12.5. The molecule has 0 aromatic heterocycles. The maximum Gasteiger partial charge on any atom is 0.329 e. The normalized spacial score (nSPS) is 15.0. The smallest absolute Gasteiger partial charge is 0.329 e.